The van der Waals surface area contributed by atoms with Crippen molar-refractivity contribution < 1.29 is 9.53 Å². The molecule has 1 aromatic heterocycles. The van der Waals surface area contributed by atoms with Crippen LogP contribution < -0.4 is 16.0 Å². The molecule has 1 aliphatic heterocycles. The van der Waals surface area contributed by atoms with E-state index in [1.54, 1.807) is 12.1 Å². The van der Waals surface area contributed by atoms with Gasteiger partial charge in [-0.2, -0.15) is 20.2 Å². The Bertz CT molecular complexity index is 1230. The molecule has 3 N–H and O–H groups in total. The zero-order valence-corrected chi connectivity index (χ0v) is 22.0. The van der Waals surface area contributed by atoms with Crippen molar-refractivity contribution in [2.45, 2.75) is 19.0 Å². The third-order valence-corrected chi connectivity index (χ3v) is 6.20. The highest BCUT2D eigenvalue weighted by atomic mass is 127. The Labute approximate surface area is 223 Å². The maximum atomic E-state index is 12.5. The lowest BCUT2D eigenvalue weighted by Crippen LogP contribution is -2.42. The Hall–Kier alpha value is -3.34. The summed E-state index contributed by atoms with van der Waals surface area (Å²) in [6.07, 6.45) is 0.345. The topological polar surface area (TPSA) is 128 Å². The molecule has 0 spiro atoms. The molecule has 1 fully saturated rings. The van der Waals surface area contributed by atoms with Crippen LogP contribution in [0.2, 0.25) is 0 Å². The number of carbonyl (C=O) groups is 1. The number of esters is 1. The van der Waals surface area contributed by atoms with E-state index in [1.807, 2.05) is 46.9 Å². The first-order valence-electron chi connectivity index (χ1n) is 11.6. The molecule has 0 aliphatic carbocycles. The third kappa shape index (κ3) is 7.33. The highest BCUT2D eigenvalue weighted by Gasteiger charge is 2.21. The van der Waals surface area contributed by atoms with E-state index in [2.05, 4.69) is 54.0 Å². The Morgan fingerprint density at radius 2 is 1.89 bits per heavy atom. The van der Waals surface area contributed by atoms with Crippen molar-refractivity contribution in [2.24, 2.45) is 0 Å². The number of nitrogens with one attached hydrogen (secondary N) is 3. The molecular weight excluding hydrogens is 571 g/mol. The highest BCUT2D eigenvalue weighted by molar-refractivity contribution is 14.1. The van der Waals surface area contributed by atoms with Gasteiger partial charge >= 0.3 is 5.97 Å². The maximum Gasteiger partial charge on any atom is 0.328 e. The van der Waals surface area contributed by atoms with Crippen LogP contribution in [0.15, 0.2) is 48.5 Å². The van der Waals surface area contributed by atoms with Crippen molar-refractivity contribution in [3.63, 3.8) is 0 Å². The van der Waals surface area contributed by atoms with E-state index in [-0.39, 0.29) is 5.95 Å². The molecule has 36 heavy (non-hydrogen) atoms. The van der Waals surface area contributed by atoms with E-state index >= 15 is 0 Å². The minimum Gasteiger partial charge on any atom is -0.467 e. The monoisotopic (exact) mass is 598 g/mol. The maximum absolute atomic E-state index is 12.5. The number of benzene rings is 2. The lowest BCUT2D eigenvalue weighted by molar-refractivity contribution is -0.141. The van der Waals surface area contributed by atoms with Crippen molar-refractivity contribution in [3.05, 3.63) is 69.1 Å². The molecule has 1 saturated heterocycles. The quantitative estimate of drug-likeness (QED) is 0.250. The van der Waals surface area contributed by atoms with Gasteiger partial charge in [0.15, 0.2) is 3.83 Å². The Balaban J connectivity index is 1.47. The SMILES string of the molecule is COC(=O)C(Cc1ccc(C#N)cc1)Nc1nc(I)nc(Nc2cccc(CN3CCNCC3)c2)n1. The van der Waals surface area contributed by atoms with Crippen LogP contribution in [0.4, 0.5) is 17.6 Å². The minimum absolute atomic E-state index is 0.262. The van der Waals surface area contributed by atoms with Gasteiger partial charge in [-0.1, -0.05) is 24.3 Å². The van der Waals surface area contributed by atoms with E-state index in [0.717, 1.165) is 44.0 Å². The molecule has 1 atom stereocenters. The molecule has 11 heteroatoms. The summed E-state index contributed by atoms with van der Waals surface area (Å²) >= 11 is 2.02. The van der Waals surface area contributed by atoms with Gasteiger partial charge in [-0.3, -0.25) is 4.90 Å². The average Bonchev–Trinajstić information content (AvgIpc) is 2.89. The number of halogens is 1. The van der Waals surface area contributed by atoms with Crippen LogP contribution in [-0.4, -0.2) is 65.2 Å². The van der Waals surface area contributed by atoms with Gasteiger partial charge in [0.05, 0.1) is 18.7 Å². The van der Waals surface area contributed by atoms with Crippen molar-refractivity contribution in [2.75, 3.05) is 43.9 Å². The molecule has 0 bridgehead atoms. The van der Waals surface area contributed by atoms with E-state index in [0.29, 0.717) is 21.8 Å². The van der Waals surface area contributed by atoms with Crippen LogP contribution in [-0.2, 0) is 22.5 Å². The van der Waals surface area contributed by atoms with Crippen molar-refractivity contribution >= 4 is 46.1 Å². The Morgan fingerprint density at radius 3 is 2.61 bits per heavy atom. The van der Waals surface area contributed by atoms with Gasteiger partial charge in [0.1, 0.15) is 6.04 Å². The Morgan fingerprint density at radius 1 is 1.14 bits per heavy atom. The summed E-state index contributed by atoms with van der Waals surface area (Å²) < 4.78 is 5.46. The lowest BCUT2D eigenvalue weighted by Gasteiger charge is -2.27. The number of ether oxygens (including phenoxy) is 1. The molecule has 2 aromatic carbocycles. The van der Waals surface area contributed by atoms with Crippen molar-refractivity contribution in [3.8, 4) is 6.07 Å². The fourth-order valence-electron chi connectivity index (χ4n) is 3.92. The largest absolute Gasteiger partial charge is 0.467 e. The van der Waals surface area contributed by atoms with Crippen LogP contribution in [0, 0.1) is 15.2 Å². The molecule has 186 valence electrons. The van der Waals surface area contributed by atoms with Crippen LogP contribution in [0.25, 0.3) is 0 Å². The summed E-state index contributed by atoms with van der Waals surface area (Å²) in [6, 6.07) is 16.6. The molecule has 1 aliphatic rings. The molecular formula is C25H27IN8O2. The number of piperazine rings is 1. The average molecular weight is 598 g/mol. The summed E-state index contributed by atoms with van der Waals surface area (Å²) in [7, 11) is 1.34. The fourth-order valence-corrected chi connectivity index (χ4v) is 4.37. The normalized spacial score (nSPS) is 14.5. The van der Waals surface area contributed by atoms with Crippen LogP contribution in [0.1, 0.15) is 16.7 Å². The number of methoxy groups -OCH3 is 1. The second-order valence-corrected chi connectivity index (χ2v) is 9.30. The first-order chi connectivity index (χ1) is 17.5. The standard InChI is InChI=1S/C25H27IN8O2/c1-36-22(35)21(14-17-5-7-18(15-27)8-6-17)30-25-32-23(26)31-24(33-25)29-20-4-2-3-19(13-20)16-34-11-9-28-10-12-34/h2-8,13,21,28H,9-12,14,16H2,1H3,(H2,29,30,31,32,33). The highest BCUT2D eigenvalue weighted by Crippen LogP contribution is 2.19. The zero-order chi connectivity index (χ0) is 25.3. The number of hydrogen-bond donors (Lipinski definition) is 3. The second kappa shape index (κ2) is 12.6. The van der Waals surface area contributed by atoms with Gasteiger partial charge in [-0.05, 0) is 35.4 Å². The lowest BCUT2D eigenvalue weighted by atomic mass is 10.0. The van der Waals surface area contributed by atoms with Gasteiger partial charge in [-0.15, -0.1) is 0 Å². The van der Waals surface area contributed by atoms with Gasteiger partial charge < -0.3 is 20.7 Å². The summed E-state index contributed by atoms with van der Waals surface area (Å²) in [5.41, 5.74) is 3.51. The molecule has 3 aromatic rings. The fraction of sp³-hybridized carbons (Fsp3) is 0.320. The number of rotatable bonds is 9. The number of hydrogen-bond acceptors (Lipinski definition) is 10. The number of nitriles is 1. The molecule has 4 rings (SSSR count). The molecule has 0 amide bonds. The van der Waals surface area contributed by atoms with Gasteiger partial charge in [-0.25, -0.2) is 4.79 Å². The van der Waals surface area contributed by atoms with E-state index in [1.165, 1.54) is 12.7 Å². The van der Waals surface area contributed by atoms with Crippen molar-refractivity contribution in [1.82, 2.24) is 25.2 Å². The summed E-state index contributed by atoms with van der Waals surface area (Å²) in [6.45, 7) is 4.96. The molecule has 0 radical (unpaired) electrons. The number of nitrogens with zero attached hydrogens (tertiary/aromatic N) is 5. The molecule has 1 unspecified atom stereocenters. The molecule has 2 heterocycles. The summed E-state index contributed by atoms with van der Waals surface area (Å²) in [4.78, 5) is 28.1. The van der Waals surface area contributed by atoms with Gasteiger partial charge in [0.2, 0.25) is 11.9 Å². The first-order valence-corrected chi connectivity index (χ1v) is 12.6. The predicted molar refractivity (Wildman–Crippen MR) is 145 cm³/mol. The van der Waals surface area contributed by atoms with Gasteiger partial charge in [0.25, 0.3) is 0 Å². The zero-order valence-electron chi connectivity index (χ0n) is 19.9. The Kier molecular flexibility index (Phi) is 8.99. The summed E-state index contributed by atoms with van der Waals surface area (Å²) in [5, 5.41) is 18.7. The van der Waals surface area contributed by atoms with Crippen molar-refractivity contribution in [1.29, 1.82) is 5.26 Å². The molecule has 0 saturated carbocycles. The predicted octanol–water partition coefficient (Wildman–Crippen LogP) is 2.69. The number of anilines is 3. The smallest absolute Gasteiger partial charge is 0.328 e. The minimum atomic E-state index is -0.712. The summed E-state index contributed by atoms with van der Waals surface area (Å²) in [5.74, 6) is 0.195. The second-order valence-electron chi connectivity index (χ2n) is 8.34. The van der Waals surface area contributed by atoms with Crippen LogP contribution in [0.5, 0.6) is 0 Å². The van der Waals surface area contributed by atoms with E-state index in [9.17, 15) is 4.79 Å². The van der Waals surface area contributed by atoms with Crippen LogP contribution in [0.3, 0.4) is 0 Å². The number of aromatic nitrogens is 3. The molecule has 10 nitrogen and oxygen atoms in total. The van der Waals surface area contributed by atoms with E-state index in [4.69, 9.17) is 10.00 Å². The number of carbonyl (C=O) groups excluding carboxylic acids is 1. The first kappa shape index (κ1) is 25.7. The van der Waals surface area contributed by atoms with Gasteiger partial charge in [0, 0.05) is 67.4 Å². The van der Waals surface area contributed by atoms with Crippen LogP contribution >= 0.6 is 22.6 Å². The van der Waals surface area contributed by atoms with E-state index < -0.39 is 12.0 Å². The third-order valence-electron chi connectivity index (χ3n) is 5.72.